The summed E-state index contributed by atoms with van der Waals surface area (Å²) >= 11 is 5.85. The molecule has 0 saturated heterocycles. The Morgan fingerprint density at radius 3 is 2.75 bits per heavy atom. The van der Waals surface area contributed by atoms with Crippen molar-refractivity contribution in [3.05, 3.63) is 70.9 Å². The van der Waals surface area contributed by atoms with Gasteiger partial charge in [0.15, 0.2) is 16.5 Å². The van der Waals surface area contributed by atoms with Crippen LogP contribution in [0, 0.1) is 17.7 Å². The van der Waals surface area contributed by atoms with Gasteiger partial charge in [-0.25, -0.2) is 27.3 Å². The number of anilines is 2. The second-order valence-electron chi connectivity index (χ2n) is 6.34. The molecule has 0 saturated carbocycles. The molecule has 4 heterocycles. The maximum absolute atomic E-state index is 15.0. The zero-order chi connectivity index (χ0) is 22.9. The lowest BCUT2D eigenvalue weighted by Crippen LogP contribution is -2.17. The van der Waals surface area contributed by atoms with E-state index in [1.807, 2.05) is 0 Å². The maximum atomic E-state index is 15.0. The molecular formula is C20H14ClFN6O3S. The first-order valence-electron chi connectivity index (χ1n) is 8.91. The van der Waals surface area contributed by atoms with Crippen LogP contribution in [0.2, 0.25) is 5.02 Å². The first-order valence-corrected chi connectivity index (χ1v) is 10.8. The lowest BCUT2D eigenvalue weighted by Gasteiger charge is -2.11. The van der Waals surface area contributed by atoms with Gasteiger partial charge in [0.25, 0.3) is 10.0 Å². The summed E-state index contributed by atoms with van der Waals surface area (Å²) in [5.41, 5.74) is 6.95. The van der Waals surface area contributed by atoms with E-state index in [1.165, 1.54) is 36.3 Å². The number of aromatic nitrogens is 4. The number of nitrogens with one attached hydrogen (secondary N) is 1. The van der Waals surface area contributed by atoms with E-state index in [1.54, 1.807) is 18.2 Å². The second kappa shape index (κ2) is 8.33. The molecule has 0 aliphatic carbocycles. The van der Waals surface area contributed by atoms with E-state index in [0.29, 0.717) is 16.9 Å². The molecule has 4 rings (SSSR count). The van der Waals surface area contributed by atoms with Gasteiger partial charge in [-0.05, 0) is 24.3 Å². The molecule has 32 heavy (non-hydrogen) atoms. The highest BCUT2D eigenvalue weighted by Crippen LogP contribution is 2.27. The number of hydrogen-bond acceptors (Lipinski definition) is 7. The molecule has 0 aliphatic rings. The van der Waals surface area contributed by atoms with Crippen LogP contribution in [0.1, 0.15) is 11.1 Å². The van der Waals surface area contributed by atoms with Crippen LogP contribution in [0.4, 0.5) is 16.0 Å². The van der Waals surface area contributed by atoms with Crippen molar-refractivity contribution in [1.82, 2.24) is 19.6 Å². The summed E-state index contributed by atoms with van der Waals surface area (Å²) in [5.74, 6) is 4.22. The van der Waals surface area contributed by atoms with Crippen molar-refractivity contribution in [2.45, 2.75) is 4.90 Å². The third-order valence-electron chi connectivity index (χ3n) is 4.29. The van der Waals surface area contributed by atoms with Gasteiger partial charge >= 0.3 is 0 Å². The van der Waals surface area contributed by atoms with Gasteiger partial charge in [-0.2, -0.15) is 5.10 Å². The smallest absolute Gasteiger partial charge is 0.268 e. The minimum absolute atomic E-state index is 0.0632. The highest BCUT2D eigenvalue weighted by Gasteiger charge is 2.24. The van der Waals surface area contributed by atoms with Gasteiger partial charge < -0.3 is 10.5 Å². The van der Waals surface area contributed by atoms with Crippen molar-refractivity contribution in [2.24, 2.45) is 0 Å². The molecule has 4 aromatic rings. The number of fused-ring (bicyclic) bond motifs is 1. The molecule has 0 atom stereocenters. The summed E-state index contributed by atoms with van der Waals surface area (Å²) in [6.07, 6.45) is 3.95. The number of hydrogen-bond donors (Lipinski definition) is 2. The molecule has 162 valence electrons. The lowest BCUT2D eigenvalue weighted by atomic mass is 10.2. The fraction of sp³-hybridized carbons (Fsp3) is 0.0500. The van der Waals surface area contributed by atoms with Crippen molar-refractivity contribution >= 4 is 38.8 Å². The van der Waals surface area contributed by atoms with E-state index in [2.05, 4.69) is 31.6 Å². The predicted molar refractivity (Wildman–Crippen MR) is 116 cm³/mol. The average molecular weight is 473 g/mol. The standard InChI is InChI=1S/C20H14ClFN6O3S/c1-31-20-16(9-14(21)11-25-20)32(29,30)27-19-18(22)12(7-8-24-19)5-6-13-10-26-28-15(13)3-2-4-17(28)23/h2-4,7-11H,23H2,1H3,(H,24,27). The van der Waals surface area contributed by atoms with Gasteiger partial charge in [0.05, 0.1) is 35.0 Å². The largest absolute Gasteiger partial charge is 0.480 e. The Balaban J connectivity index is 1.69. The molecular weight excluding hydrogens is 459 g/mol. The first-order chi connectivity index (χ1) is 15.3. The topological polar surface area (TPSA) is 124 Å². The number of nitrogens with two attached hydrogens (primary N) is 1. The summed E-state index contributed by atoms with van der Waals surface area (Å²) in [6.45, 7) is 0. The Kier molecular flexibility index (Phi) is 5.56. The summed E-state index contributed by atoms with van der Waals surface area (Å²) in [5, 5.41) is 4.20. The van der Waals surface area contributed by atoms with E-state index in [4.69, 9.17) is 22.1 Å². The summed E-state index contributed by atoms with van der Waals surface area (Å²) < 4.78 is 49.1. The van der Waals surface area contributed by atoms with Crippen molar-refractivity contribution in [1.29, 1.82) is 0 Å². The third kappa shape index (κ3) is 4.01. The Bertz CT molecular complexity index is 1510. The van der Waals surface area contributed by atoms with Crippen molar-refractivity contribution < 1.29 is 17.5 Å². The number of sulfonamides is 1. The van der Waals surface area contributed by atoms with E-state index >= 15 is 0 Å². The maximum Gasteiger partial charge on any atom is 0.268 e. The number of methoxy groups -OCH3 is 1. The SMILES string of the molecule is COc1ncc(Cl)cc1S(=O)(=O)Nc1nccc(C#Cc2cnn3c(N)cccc23)c1F. The molecule has 0 unspecified atom stereocenters. The molecule has 9 nitrogen and oxygen atoms in total. The minimum Gasteiger partial charge on any atom is -0.480 e. The van der Waals surface area contributed by atoms with Crippen LogP contribution in [0.3, 0.4) is 0 Å². The monoisotopic (exact) mass is 472 g/mol. The molecule has 0 spiro atoms. The van der Waals surface area contributed by atoms with Gasteiger partial charge in [0.1, 0.15) is 5.82 Å². The summed E-state index contributed by atoms with van der Waals surface area (Å²) in [7, 11) is -3.06. The Morgan fingerprint density at radius 2 is 1.97 bits per heavy atom. The molecule has 0 radical (unpaired) electrons. The Labute approximate surface area is 187 Å². The second-order valence-corrected chi connectivity index (χ2v) is 8.43. The molecule has 4 aromatic heterocycles. The third-order valence-corrected chi connectivity index (χ3v) is 5.83. The summed E-state index contributed by atoms with van der Waals surface area (Å²) in [4.78, 5) is 7.21. The van der Waals surface area contributed by atoms with Crippen molar-refractivity contribution in [2.75, 3.05) is 17.6 Å². The lowest BCUT2D eigenvalue weighted by molar-refractivity contribution is 0.385. The molecule has 0 amide bonds. The van der Waals surface area contributed by atoms with Gasteiger partial charge in [0.2, 0.25) is 5.88 Å². The zero-order valence-electron chi connectivity index (χ0n) is 16.4. The Hall–Kier alpha value is -3.88. The van der Waals surface area contributed by atoms with Crippen LogP contribution < -0.4 is 15.2 Å². The zero-order valence-corrected chi connectivity index (χ0v) is 17.9. The van der Waals surface area contributed by atoms with E-state index in [-0.39, 0.29) is 21.4 Å². The van der Waals surface area contributed by atoms with Crippen LogP contribution >= 0.6 is 11.6 Å². The normalized spacial score (nSPS) is 11.1. The Morgan fingerprint density at radius 1 is 1.19 bits per heavy atom. The average Bonchev–Trinajstić information content (AvgIpc) is 3.19. The molecule has 0 bridgehead atoms. The fourth-order valence-electron chi connectivity index (χ4n) is 2.81. The minimum atomic E-state index is -4.31. The van der Waals surface area contributed by atoms with Crippen molar-refractivity contribution in [3.63, 3.8) is 0 Å². The number of rotatable bonds is 4. The summed E-state index contributed by atoms with van der Waals surface area (Å²) in [6, 6.07) is 7.65. The van der Waals surface area contributed by atoms with Crippen molar-refractivity contribution in [3.8, 4) is 17.7 Å². The molecule has 0 aromatic carbocycles. The number of nitrogen functional groups attached to an aromatic ring is 1. The van der Waals surface area contributed by atoms with E-state index in [9.17, 15) is 12.8 Å². The van der Waals surface area contributed by atoms with E-state index in [0.717, 1.165) is 6.07 Å². The number of pyridine rings is 3. The number of nitrogens with zero attached hydrogens (tertiary/aromatic N) is 4. The number of ether oxygens (including phenoxy) is 1. The highest BCUT2D eigenvalue weighted by atomic mass is 35.5. The van der Waals surface area contributed by atoms with Gasteiger partial charge in [-0.1, -0.05) is 29.5 Å². The van der Waals surface area contributed by atoms with Gasteiger partial charge in [0, 0.05) is 12.4 Å². The molecule has 0 fully saturated rings. The molecule has 0 aliphatic heterocycles. The van der Waals surface area contributed by atoms with Crippen LogP contribution in [0.15, 0.2) is 53.8 Å². The van der Waals surface area contributed by atoms with E-state index < -0.39 is 21.7 Å². The quantitative estimate of drug-likeness (QED) is 0.437. The fourth-order valence-corrected chi connectivity index (χ4v) is 4.19. The van der Waals surface area contributed by atoms with Crippen LogP contribution in [-0.4, -0.2) is 35.1 Å². The van der Waals surface area contributed by atoms with Gasteiger partial charge in [-0.15, -0.1) is 0 Å². The predicted octanol–water partition coefficient (Wildman–Crippen LogP) is 2.71. The highest BCUT2D eigenvalue weighted by molar-refractivity contribution is 7.92. The first kappa shape index (κ1) is 21.4. The molecule has 12 heteroatoms. The van der Waals surface area contributed by atoms with Gasteiger partial charge in [-0.3, -0.25) is 4.72 Å². The van der Waals surface area contributed by atoms with Crippen LogP contribution in [-0.2, 0) is 10.0 Å². The number of halogens is 2. The molecule has 3 N–H and O–H groups in total. The van der Waals surface area contributed by atoms with Crippen LogP contribution in [0.5, 0.6) is 5.88 Å². The van der Waals surface area contributed by atoms with Crippen LogP contribution in [0.25, 0.3) is 5.52 Å².